The minimum Gasteiger partial charge on any atom is -0.480 e. The molecule has 0 aliphatic carbocycles. The van der Waals surface area contributed by atoms with E-state index in [0.29, 0.717) is 12.8 Å². The summed E-state index contributed by atoms with van der Waals surface area (Å²) in [7, 11) is 0. The number of unbranched alkanes of at least 4 members (excludes halogenated alkanes) is 4. The molecular weight excluding hydrogens is 644 g/mol. The molecule has 0 aliphatic rings. The zero-order valence-corrected chi connectivity index (χ0v) is 31.3. The summed E-state index contributed by atoms with van der Waals surface area (Å²) in [6.45, 7) is 3.18. The molecule has 0 aromatic rings. The first kappa shape index (κ1) is 47.0. The van der Waals surface area contributed by atoms with E-state index in [-0.39, 0.29) is 30.9 Å². The van der Waals surface area contributed by atoms with Gasteiger partial charge in [-0.15, -0.1) is 0 Å². The highest BCUT2D eigenvalue weighted by atomic mass is 16.5. The van der Waals surface area contributed by atoms with Crippen LogP contribution in [0, 0.1) is 0 Å². The Balaban J connectivity index is 4.01. The third-order valence-electron chi connectivity index (χ3n) is 7.66. The Labute approximate surface area is 307 Å². The Bertz CT molecular complexity index is 1130. The van der Waals surface area contributed by atoms with Crippen LogP contribution in [0.25, 0.3) is 0 Å². The first-order valence-electron chi connectivity index (χ1n) is 19.0. The lowest BCUT2D eigenvalue weighted by Gasteiger charge is -2.18. The molecule has 51 heavy (non-hydrogen) atoms. The third-order valence-corrected chi connectivity index (χ3v) is 7.66. The van der Waals surface area contributed by atoms with Gasteiger partial charge in [-0.25, -0.2) is 4.79 Å². The van der Waals surface area contributed by atoms with Gasteiger partial charge in [0.25, 0.3) is 0 Å². The summed E-state index contributed by atoms with van der Waals surface area (Å²) in [4.78, 5) is 47.0. The molecule has 9 heteroatoms. The van der Waals surface area contributed by atoms with Gasteiger partial charge in [-0.05, 0) is 83.5 Å². The Hall–Kier alpha value is -3.98. The summed E-state index contributed by atoms with van der Waals surface area (Å²) in [6.07, 6.45) is 45.3. The third kappa shape index (κ3) is 33.0. The van der Waals surface area contributed by atoms with E-state index in [0.717, 1.165) is 96.3 Å². The Morgan fingerprint density at radius 1 is 0.608 bits per heavy atom. The van der Waals surface area contributed by atoms with Crippen LogP contribution in [0.3, 0.4) is 0 Å². The summed E-state index contributed by atoms with van der Waals surface area (Å²) in [5, 5.41) is 22.4. The molecule has 0 rings (SSSR count). The number of aliphatic hydroxyl groups is 1. The number of hydrogen-bond acceptors (Lipinski definition) is 6. The van der Waals surface area contributed by atoms with Crippen LogP contribution >= 0.6 is 0 Å². The van der Waals surface area contributed by atoms with Gasteiger partial charge in [-0.2, -0.15) is 0 Å². The highest BCUT2D eigenvalue weighted by Crippen LogP contribution is 2.16. The van der Waals surface area contributed by atoms with Crippen LogP contribution in [0.4, 0.5) is 0 Å². The number of carbonyl (C=O) groups excluding carboxylic acids is 3. The number of aliphatic carboxylic acids is 1. The second-order valence-electron chi connectivity index (χ2n) is 12.3. The van der Waals surface area contributed by atoms with Crippen molar-refractivity contribution in [2.24, 2.45) is 0 Å². The lowest BCUT2D eigenvalue weighted by Crippen LogP contribution is -2.47. The van der Waals surface area contributed by atoms with Crippen LogP contribution in [0.2, 0.25) is 0 Å². The van der Waals surface area contributed by atoms with Gasteiger partial charge in [0.05, 0.1) is 13.2 Å². The van der Waals surface area contributed by atoms with Crippen molar-refractivity contribution in [1.29, 1.82) is 0 Å². The molecule has 0 aromatic carbocycles. The van der Waals surface area contributed by atoms with Crippen LogP contribution < -0.4 is 10.6 Å². The van der Waals surface area contributed by atoms with Crippen LogP contribution in [0.5, 0.6) is 0 Å². The second kappa shape index (κ2) is 35.8. The monoisotopic (exact) mass is 710 g/mol. The van der Waals surface area contributed by atoms with E-state index in [9.17, 15) is 19.2 Å². The maximum Gasteiger partial charge on any atom is 0.328 e. The zero-order valence-electron chi connectivity index (χ0n) is 31.3. The molecule has 2 amide bonds. The highest BCUT2D eigenvalue weighted by Gasteiger charge is 2.19. The molecule has 0 bridgehead atoms. The van der Waals surface area contributed by atoms with Crippen molar-refractivity contribution < 1.29 is 34.1 Å². The van der Waals surface area contributed by atoms with Gasteiger partial charge < -0.3 is 25.6 Å². The molecule has 0 aliphatic heterocycles. The number of carbonyl (C=O) groups is 4. The molecule has 0 aromatic heterocycles. The summed E-state index contributed by atoms with van der Waals surface area (Å²) >= 11 is 0. The van der Waals surface area contributed by atoms with Crippen molar-refractivity contribution in [3.8, 4) is 0 Å². The fraction of sp³-hybridized carbons (Fsp3) is 0.571. The summed E-state index contributed by atoms with van der Waals surface area (Å²) in [5.74, 6) is -2.49. The Kier molecular flexibility index (Phi) is 33.0. The van der Waals surface area contributed by atoms with Gasteiger partial charge in [-0.3, -0.25) is 14.4 Å². The van der Waals surface area contributed by atoms with E-state index in [1.165, 1.54) is 0 Å². The first-order chi connectivity index (χ1) is 24.8. The highest BCUT2D eigenvalue weighted by molar-refractivity contribution is 5.87. The average Bonchev–Trinajstić information content (AvgIpc) is 3.11. The molecule has 9 nitrogen and oxygen atoms in total. The van der Waals surface area contributed by atoms with E-state index >= 15 is 0 Å². The van der Waals surface area contributed by atoms with Gasteiger partial charge >= 0.3 is 11.9 Å². The van der Waals surface area contributed by atoms with Crippen LogP contribution in [-0.2, 0) is 23.9 Å². The predicted octanol–water partition coefficient (Wildman–Crippen LogP) is 8.53. The number of hydrogen-bond donors (Lipinski definition) is 4. The molecule has 0 radical (unpaired) electrons. The minimum absolute atomic E-state index is 0.118. The van der Waals surface area contributed by atoms with E-state index in [4.69, 9.17) is 14.9 Å². The summed E-state index contributed by atoms with van der Waals surface area (Å²) in [6, 6.07) is -1.40. The van der Waals surface area contributed by atoms with Crippen LogP contribution in [0.1, 0.15) is 129 Å². The zero-order chi connectivity index (χ0) is 37.6. The molecule has 0 fully saturated rings. The van der Waals surface area contributed by atoms with E-state index < -0.39 is 24.5 Å². The lowest BCUT2D eigenvalue weighted by molar-refractivity contribution is -0.150. The first-order valence-corrected chi connectivity index (χ1v) is 19.0. The van der Waals surface area contributed by atoms with Gasteiger partial charge in [0.1, 0.15) is 12.1 Å². The van der Waals surface area contributed by atoms with Crippen molar-refractivity contribution >= 4 is 23.8 Å². The van der Waals surface area contributed by atoms with Crippen molar-refractivity contribution in [3.05, 3.63) is 85.1 Å². The van der Waals surface area contributed by atoms with Crippen LogP contribution in [0.15, 0.2) is 85.1 Å². The summed E-state index contributed by atoms with van der Waals surface area (Å²) in [5.41, 5.74) is 0. The Morgan fingerprint density at radius 3 is 1.61 bits per heavy atom. The number of carboxylic acids is 1. The van der Waals surface area contributed by atoms with E-state index in [1.54, 1.807) is 0 Å². The number of ether oxygens (including phenoxy) is 1. The quantitative estimate of drug-likeness (QED) is 0.0311. The molecule has 286 valence electrons. The normalized spacial score (nSPS) is 13.5. The predicted molar refractivity (Wildman–Crippen MR) is 208 cm³/mol. The Morgan fingerprint density at radius 2 is 1.12 bits per heavy atom. The number of carboxylic acid groups (broad SMARTS) is 1. The van der Waals surface area contributed by atoms with Gasteiger partial charge in [0.2, 0.25) is 11.8 Å². The number of nitrogens with one attached hydrogen (secondary N) is 2. The maximum atomic E-state index is 12.5. The van der Waals surface area contributed by atoms with Crippen molar-refractivity contribution in [2.45, 2.75) is 142 Å². The van der Waals surface area contributed by atoms with Crippen molar-refractivity contribution in [2.75, 3.05) is 13.2 Å². The molecule has 2 unspecified atom stereocenters. The smallest absolute Gasteiger partial charge is 0.328 e. The molecule has 2 atom stereocenters. The van der Waals surface area contributed by atoms with E-state index in [2.05, 4.69) is 110 Å². The van der Waals surface area contributed by atoms with E-state index in [1.807, 2.05) is 0 Å². The number of rotatable bonds is 32. The minimum atomic E-state index is -1.40. The summed E-state index contributed by atoms with van der Waals surface area (Å²) < 4.78 is 5.78. The molecule has 0 saturated carbocycles. The SMILES string of the molecule is CC/C=C\C/C=C\C/C=C\C/C=C\C/C=C\C/C=C\C/C=C\CCCC(=O)OC(CCCC)CCCCCC(=O)NCC(=O)NC(CO)C(=O)O. The molecular formula is C42H66N2O7. The maximum absolute atomic E-state index is 12.5. The van der Waals surface area contributed by atoms with Gasteiger partial charge in [0.15, 0.2) is 0 Å². The fourth-order valence-electron chi connectivity index (χ4n) is 4.75. The van der Waals surface area contributed by atoms with Crippen LogP contribution in [-0.4, -0.2) is 59.3 Å². The number of amides is 2. The number of esters is 1. The topological polar surface area (TPSA) is 142 Å². The largest absolute Gasteiger partial charge is 0.480 e. The molecule has 0 heterocycles. The number of aliphatic hydroxyl groups excluding tert-OH is 1. The molecule has 4 N–H and O–H groups in total. The number of allylic oxidation sites excluding steroid dienone is 14. The van der Waals surface area contributed by atoms with Gasteiger partial charge in [-0.1, -0.05) is 118 Å². The van der Waals surface area contributed by atoms with Crippen molar-refractivity contribution in [3.63, 3.8) is 0 Å². The fourth-order valence-corrected chi connectivity index (χ4v) is 4.75. The van der Waals surface area contributed by atoms with Gasteiger partial charge in [0, 0.05) is 12.8 Å². The standard InChI is InChI=1S/C42H66N2O7/c1-3-5-7-8-9-10-11-12-13-14-15-16-17-18-19-20-21-22-23-24-25-26-30-34-41(48)51-37(31-6-4-2)32-28-27-29-33-39(46)43-35-40(47)44-38(36-45)42(49)50/h5,7,9-10,12-13,15-16,18-19,21-22,24-25,37-38,45H,3-4,6,8,11,14,17,20,23,26-36H2,1-2H3,(H,43,46)(H,44,47)(H,49,50)/b7-5-,10-9-,13-12-,16-15-,19-18-,22-21-,25-24-. The second-order valence-corrected chi connectivity index (χ2v) is 12.3. The molecule has 0 saturated heterocycles. The average molecular weight is 711 g/mol. The van der Waals surface area contributed by atoms with Crippen molar-refractivity contribution in [1.82, 2.24) is 10.6 Å². The lowest BCUT2D eigenvalue weighted by atomic mass is 10.0. The molecule has 0 spiro atoms.